The molecule has 2 aromatic rings. The van der Waals surface area contributed by atoms with Gasteiger partial charge in [-0.15, -0.1) is 11.3 Å². The molecule has 78 valence electrons. The van der Waals surface area contributed by atoms with Crippen molar-refractivity contribution in [2.75, 3.05) is 5.33 Å². The Morgan fingerprint density at radius 2 is 2.00 bits per heavy atom. The molecule has 0 atom stereocenters. The first-order chi connectivity index (χ1) is 7.29. The van der Waals surface area contributed by atoms with Crippen molar-refractivity contribution < 1.29 is 4.39 Å². The van der Waals surface area contributed by atoms with E-state index in [0.29, 0.717) is 0 Å². The van der Waals surface area contributed by atoms with Gasteiger partial charge in [-0.05, 0) is 24.3 Å². The highest BCUT2D eigenvalue weighted by Crippen LogP contribution is 2.24. The van der Waals surface area contributed by atoms with E-state index in [0.717, 1.165) is 28.0 Å². The van der Waals surface area contributed by atoms with Crippen molar-refractivity contribution in [2.45, 2.75) is 6.42 Å². The topological polar surface area (TPSA) is 12.9 Å². The molecular formula is C11H9BrFNS. The van der Waals surface area contributed by atoms with Crippen LogP contribution in [0.15, 0.2) is 29.6 Å². The zero-order valence-corrected chi connectivity index (χ0v) is 10.3. The van der Waals surface area contributed by atoms with Crippen molar-refractivity contribution in [3.05, 3.63) is 41.2 Å². The van der Waals surface area contributed by atoms with E-state index in [-0.39, 0.29) is 5.82 Å². The molecule has 0 unspecified atom stereocenters. The van der Waals surface area contributed by atoms with Gasteiger partial charge in [0.2, 0.25) is 0 Å². The van der Waals surface area contributed by atoms with Crippen LogP contribution in [0.5, 0.6) is 0 Å². The molecule has 0 fully saturated rings. The Balaban J connectivity index is 2.25. The summed E-state index contributed by atoms with van der Waals surface area (Å²) in [7, 11) is 0. The van der Waals surface area contributed by atoms with Crippen molar-refractivity contribution in [1.29, 1.82) is 0 Å². The third-order valence-corrected chi connectivity index (χ3v) is 3.33. The van der Waals surface area contributed by atoms with Gasteiger partial charge in [0.25, 0.3) is 0 Å². The van der Waals surface area contributed by atoms with Gasteiger partial charge in [-0.1, -0.05) is 15.9 Å². The van der Waals surface area contributed by atoms with Gasteiger partial charge in [0, 0.05) is 22.7 Å². The van der Waals surface area contributed by atoms with Crippen molar-refractivity contribution >= 4 is 27.3 Å². The summed E-state index contributed by atoms with van der Waals surface area (Å²) in [6.07, 6.45) is 0.928. The second-order valence-electron chi connectivity index (χ2n) is 3.09. The maximum Gasteiger partial charge on any atom is 0.123 e. The summed E-state index contributed by atoms with van der Waals surface area (Å²) in [4.78, 5) is 4.47. The van der Waals surface area contributed by atoms with Gasteiger partial charge in [-0.3, -0.25) is 0 Å². The molecule has 0 amide bonds. The van der Waals surface area contributed by atoms with Crippen LogP contribution in [-0.4, -0.2) is 10.3 Å². The predicted octanol–water partition coefficient (Wildman–Crippen LogP) is 3.89. The van der Waals surface area contributed by atoms with E-state index >= 15 is 0 Å². The summed E-state index contributed by atoms with van der Waals surface area (Å²) < 4.78 is 12.7. The normalized spacial score (nSPS) is 10.5. The van der Waals surface area contributed by atoms with Gasteiger partial charge in [0.15, 0.2) is 0 Å². The van der Waals surface area contributed by atoms with E-state index in [1.807, 2.05) is 5.38 Å². The summed E-state index contributed by atoms with van der Waals surface area (Å²) in [6.45, 7) is 0. The molecule has 0 saturated heterocycles. The quantitative estimate of drug-likeness (QED) is 0.780. The molecule has 1 aromatic heterocycles. The highest BCUT2D eigenvalue weighted by atomic mass is 79.9. The Morgan fingerprint density at radius 3 is 2.67 bits per heavy atom. The van der Waals surface area contributed by atoms with Gasteiger partial charge < -0.3 is 0 Å². The highest BCUT2D eigenvalue weighted by Gasteiger charge is 2.04. The van der Waals surface area contributed by atoms with Crippen LogP contribution in [0.3, 0.4) is 0 Å². The molecule has 1 aromatic carbocycles. The van der Waals surface area contributed by atoms with Crippen LogP contribution in [-0.2, 0) is 6.42 Å². The fourth-order valence-corrected chi connectivity index (χ4v) is 2.51. The minimum absolute atomic E-state index is 0.212. The van der Waals surface area contributed by atoms with E-state index < -0.39 is 0 Å². The highest BCUT2D eigenvalue weighted by molar-refractivity contribution is 9.09. The fourth-order valence-electron chi connectivity index (χ4n) is 1.24. The molecule has 0 aliphatic rings. The molecule has 0 radical (unpaired) electrons. The first kappa shape index (κ1) is 10.8. The molecule has 4 heteroatoms. The lowest BCUT2D eigenvalue weighted by Gasteiger charge is -1.95. The van der Waals surface area contributed by atoms with E-state index in [1.165, 1.54) is 12.1 Å². The lowest BCUT2D eigenvalue weighted by atomic mass is 10.2. The van der Waals surface area contributed by atoms with Gasteiger partial charge >= 0.3 is 0 Å². The van der Waals surface area contributed by atoms with E-state index in [1.54, 1.807) is 23.5 Å². The summed E-state index contributed by atoms with van der Waals surface area (Å²) in [5, 5.41) is 3.91. The molecule has 15 heavy (non-hydrogen) atoms. The fraction of sp³-hybridized carbons (Fsp3) is 0.182. The van der Waals surface area contributed by atoms with Crippen molar-refractivity contribution in [3.63, 3.8) is 0 Å². The standard InChI is InChI=1S/C11H9BrFNS/c12-6-5-10-7-15-11(14-10)8-1-3-9(13)4-2-8/h1-4,7H,5-6H2. The van der Waals surface area contributed by atoms with Crippen LogP contribution in [0, 0.1) is 5.82 Å². The van der Waals surface area contributed by atoms with Crippen LogP contribution in [0.1, 0.15) is 5.69 Å². The zero-order chi connectivity index (χ0) is 10.7. The molecule has 0 aliphatic carbocycles. The molecule has 0 spiro atoms. The molecule has 0 N–H and O–H groups in total. The lowest BCUT2D eigenvalue weighted by molar-refractivity contribution is 0.628. The Bertz CT molecular complexity index is 438. The third-order valence-electron chi connectivity index (χ3n) is 1.99. The van der Waals surface area contributed by atoms with Gasteiger partial charge in [0.05, 0.1) is 5.69 Å². The molecular weight excluding hydrogens is 277 g/mol. The Morgan fingerprint density at radius 1 is 1.27 bits per heavy atom. The van der Waals surface area contributed by atoms with Crippen molar-refractivity contribution in [3.8, 4) is 10.6 Å². The number of halogens is 2. The van der Waals surface area contributed by atoms with Crippen molar-refractivity contribution in [1.82, 2.24) is 4.98 Å². The number of benzene rings is 1. The molecule has 2 rings (SSSR count). The predicted molar refractivity (Wildman–Crippen MR) is 65.0 cm³/mol. The average molecular weight is 286 g/mol. The van der Waals surface area contributed by atoms with Crippen LogP contribution >= 0.6 is 27.3 Å². The van der Waals surface area contributed by atoms with Crippen LogP contribution in [0.2, 0.25) is 0 Å². The maximum absolute atomic E-state index is 12.7. The molecule has 1 heterocycles. The molecule has 0 saturated carbocycles. The number of rotatable bonds is 3. The average Bonchev–Trinajstić information content (AvgIpc) is 2.68. The molecule has 0 bridgehead atoms. The van der Waals surface area contributed by atoms with Gasteiger partial charge in [-0.25, -0.2) is 9.37 Å². The number of aromatic nitrogens is 1. The van der Waals surface area contributed by atoms with E-state index in [9.17, 15) is 4.39 Å². The van der Waals surface area contributed by atoms with Crippen LogP contribution < -0.4 is 0 Å². The smallest absolute Gasteiger partial charge is 0.123 e. The second-order valence-corrected chi connectivity index (χ2v) is 4.74. The summed E-state index contributed by atoms with van der Waals surface area (Å²) >= 11 is 4.97. The Hall–Kier alpha value is -0.740. The number of hydrogen-bond acceptors (Lipinski definition) is 2. The largest absolute Gasteiger partial charge is 0.241 e. The van der Waals surface area contributed by atoms with E-state index in [4.69, 9.17) is 0 Å². The van der Waals surface area contributed by atoms with Crippen LogP contribution in [0.4, 0.5) is 4.39 Å². The van der Waals surface area contributed by atoms with Crippen molar-refractivity contribution in [2.24, 2.45) is 0 Å². The van der Waals surface area contributed by atoms with Gasteiger partial charge in [-0.2, -0.15) is 0 Å². The van der Waals surface area contributed by atoms with Gasteiger partial charge in [0.1, 0.15) is 10.8 Å². The maximum atomic E-state index is 12.7. The number of nitrogens with zero attached hydrogens (tertiary/aromatic N) is 1. The number of aryl methyl sites for hydroxylation is 1. The summed E-state index contributed by atoms with van der Waals surface area (Å²) in [5.74, 6) is -0.212. The third kappa shape index (κ3) is 2.63. The first-order valence-electron chi connectivity index (χ1n) is 4.56. The van der Waals surface area contributed by atoms with E-state index in [2.05, 4.69) is 20.9 Å². The Labute approximate surface area is 100 Å². The monoisotopic (exact) mass is 285 g/mol. The minimum atomic E-state index is -0.212. The SMILES string of the molecule is Fc1ccc(-c2nc(CCBr)cs2)cc1. The first-order valence-corrected chi connectivity index (χ1v) is 6.56. The van der Waals surface area contributed by atoms with Crippen LogP contribution in [0.25, 0.3) is 10.6 Å². The summed E-state index contributed by atoms with van der Waals surface area (Å²) in [6, 6.07) is 6.43. The number of thiazole rings is 1. The second kappa shape index (κ2) is 4.86. The molecule has 1 nitrogen and oxygen atoms in total. The number of alkyl halides is 1. The molecule has 0 aliphatic heterocycles. The minimum Gasteiger partial charge on any atom is -0.241 e. The zero-order valence-electron chi connectivity index (χ0n) is 7.91. The lowest BCUT2D eigenvalue weighted by Crippen LogP contribution is -1.85. The Kier molecular flexibility index (Phi) is 3.49. The summed E-state index contributed by atoms with van der Waals surface area (Å²) in [5.41, 5.74) is 2.05. The number of hydrogen-bond donors (Lipinski definition) is 0.